The van der Waals surface area contributed by atoms with Crippen molar-refractivity contribution >= 4 is 11.9 Å². The Morgan fingerprint density at radius 1 is 0.692 bits per heavy atom. The van der Waals surface area contributed by atoms with Gasteiger partial charge in [0.15, 0.2) is 0 Å². The molecule has 4 heteroatoms. The first-order valence-corrected chi connectivity index (χ1v) is 9.32. The average molecular weight is 358 g/mol. The molecule has 142 valence electrons. The van der Waals surface area contributed by atoms with E-state index in [1.165, 1.54) is 23.3 Å². The van der Waals surface area contributed by atoms with Crippen LogP contribution in [0.2, 0.25) is 0 Å². The highest BCUT2D eigenvalue weighted by molar-refractivity contribution is 5.81. The largest absolute Gasteiger partial charge is 0.463 e. The van der Waals surface area contributed by atoms with Crippen molar-refractivity contribution in [1.29, 1.82) is 0 Å². The highest BCUT2D eigenvalue weighted by Crippen LogP contribution is 2.12. The SMILES string of the molecule is C=CC(=O)OCCCCCc1ccc(CCCCCOC(=O)C=C)cc1. The molecule has 0 amide bonds. The van der Waals surface area contributed by atoms with E-state index < -0.39 is 0 Å². The molecule has 0 radical (unpaired) electrons. The van der Waals surface area contributed by atoms with Crippen molar-refractivity contribution in [3.8, 4) is 0 Å². The topological polar surface area (TPSA) is 52.6 Å². The van der Waals surface area contributed by atoms with E-state index in [0.29, 0.717) is 13.2 Å². The van der Waals surface area contributed by atoms with E-state index in [-0.39, 0.29) is 11.9 Å². The van der Waals surface area contributed by atoms with Crippen molar-refractivity contribution in [1.82, 2.24) is 0 Å². The lowest BCUT2D eigenvalue weighted by molar-refractivity contribution is -0.138. The molecule has 1 rings (SSSR count). The first-order valence-electron chi connectivity index (χ1n) is 9.32. The van der Waals surface area contributed by atoms with Crippen LogP contribution in [0.5, 0.6) is 0 Å². The zero-order valence-corrected chi connectivity index (χ0v) is 15.6. The Balaban J connectivity index is 2.08. The molecule has 0 unspecified atom stereocenters. The Kier molecular flexibility index (Phi) is 11.6. The molecule has 0 N–H and O–H groups in total. The van der Waals surface area contributed by atoms with Gasteiger partial charge in [0, 0.05) is 12.2 Å². The number of hydrogen-bond donors (Lipinski definition) is 0. The van der Waals surface area contributed by atoms with Gasteiger partial charge in [0.05, 0.1) is 13.2 Å². The number of aryl methyl sites for hydroxylation is 2. The number of ether oxygens (including phenoxy) is 2. The zero-order valence-electron chi connectivity index (χ0n) is 15.6. The monoisotopic (exact) mass is 358 g/mol. The highest BCUT2D eigenvalue weighted by Gasteiger charge is 1.99. The number of esters is 2. The van der Waals surface area contributed by atoms with Gasteiger partial charge in [0.2, 0.25) is 0 Å². The van der Waals surface area contributed by atoms with E-state index >= 15 is 0 Å². The summed E-state index contributed by atoms with van der Waals surface area (Å²) in [4.78, 5) is 21.8. The molecule has 0 bridgehead atoms. The van der Waals surface area contributed by atoms with Gasteiger partial charge in [-0.3, -0.25) is 0 Å². The smallest absolute Gasteiger partial charge is 0.330 e. The Morgan fingerprint density at radius 3 is 1.42 bits per heavy atom. The van der Waals surface area contributed by atoms with Crippen LogP contribution in [0.3, 0.4) is 0 Å². The summed E-state index contributed by atoms with van der Waals surface area (Å²) >= 11 is 0. The molecule has 0 saturated carbocycles. The first-order chi connectivity index (χ1) is 12.7. The van der Waals surface area contributed by atoms with E-state index in [0.717, 1.165) is 51.4 Å². The molecule has 0 aliphatic heterocycles. The maximum absolute atomic E-state index is 10.9. The van der Waals surface area contributed by atoms with Gasteiger partial charge in [0.25, 0.3) is 0 Å². The number of rotatable bonds is 14. The van der Waals surface area contributed by atoms with Crippen molar-refractivity contribution in [3.05, 3.63) is 60.7 Å². The van der Waals surface area contributed by atoms with Crippen LogP contribution >= 0.6 is 0 Å². The number of hydrogen-bond acceptors (Lipinski definition) is 4. The van der Waals surface area contributed by atoms with Gasteiger partial charge in [-0.1, -0.05) is 37.4 Å². The molecule has 0 spiro atoms. The molecule has 1 aromatic carbocycles. The predicted molar refractivity (Wildman–Crippen MR) is 104 cm³/mol. The lowest BCUT2D eigenvalue weighted by Crippen LogP contribution is -2.01. The lowest BCUT2D eigenvalue weighted by atomic mass is 10.0. The predicted octanol–water partition coefficient (Wildman–Crippen LogP) is 4.57. The Labute approximate surface area is 156 Å². The standard InChI is InChI=1S/C22H30O4/c1-3-21(23)25-17-9-5-7-11-19-13-15-20(16-14-19)12-8-6-10-18-26-22(24)4-2/h3-4,13-16H,1-2,5-12,17-18H2. The molecule has 26 heavy (non-hydrogen) atoms. The van der Waals surface area contributed by atoms with Crippen LogP contribution in [0, 0.1) is 0 Å². The number of benzene rings is 1. The number of unbranched alkanes of at least 4 members (excludes halogenated alkanes) is 4. The van der Waals surface area contributed by atoms with Crippen LogP contribution in [-0.4, -0.2) is 25.2 Å². The third-order valence-electron chi connectivity index (χ3n) is 4.06. The fourth-order valence-corrected chi connectivity index (χ4v) is 2.55. The zero-order chi connectivity index (χ0) is 19.0. The molecule has 1 aromatic rings. The summed E-state index contributed by atoms with van der Waals surface area (Å²) in [6, 6.07) is 8.77. The van der Waals surface area contributed by atoms with E-state index in [1.54, 1.807) is 0 Å². The second-order valence-electron chi connectivity index (χ2n) is 6.18. The average Bonchev–Trinajstić information content (AvgIpc) is 2.67. The van der Waals surface area contributed by atoms with Crippen molar-refractivity contribution in [2.75, 3.05) is 13.2 Å². The second kappa shape index (κ2) is 13.9. The minimum absolute atomic E-state index is 0.349. The Bertz CT molecular complexity index is 509. The van der Waals surface area contributed by atoms with Crippen molar-refractivity contribution in [2.24, 2.45) is 0 Å². The summed E-state index contributed by atoms with van der Waals surface area (Å²) in [6.45, 7) is 7.67. The van der Waals surface area contributed by atoms with Crippen LogP contribution in [-0.2, 0) is 31.9 Å². The highest BCUT2D eigenvalue weighted by atomic mass is 16.5. The van der Waals surface area contributed by atoms with Gasteiger partial charge in [-0.2, -0.15) is 0 Å². The molecule has 0 saturated heterocycles. The van der Waals surface area contributed by atoms with Crippen molar-refractivity contribution in [2.45, 2.75) is 51.4 Å². The molecule has 0 aliphatic rings. The molecule has 0 aliphatic carbocycles. The van der Waals surface area contributed by atoms with Gasteiger partial charge in [-0.05, 0) is 62.5 Å². The first kappa shape index (κ1) is 21.7. The van der Waals surface area contributed by atoms with Crippen LogP contribution in [0.4, 0.5) is 0 Å². The third-order valence-corrected chi connectivity index (χ3v) is 4.06. The van der Waals surface area contributed by atoms with Gasteiger partial charge in [0.1, 0.15) is 0 Å². The summed E-state index contributed by atoms with van der Waals surface area (Å²) in [5.74, 6) is -0.697. The molecule has 0 aromatic heterocycles. The van der Waals surface area contributed by atoms with Crippen LogP contribution in [0.25, 0.3) is 0 Å². The van der Waals surface area contributed by atoms with E-state index in [9.17, 15) is 9.59 Å². The maximum atomic E-state index is 10.9. The summed E-state index contributed by atoms with van der Waals surface area (Å²) in [6.07, 6.45) is 10.5. The van der Waals surface area contributed by atoms with Gasteiger partial charge in [-0.25, -0.2) is 9.59 Å². The molecule has 0 heterocycles. The van der Waals surface area contributed by atoms with Gasteiger partial charge in [-0.15, -0.1) is 0 Å². The fourth-order valence-electron chi connectivity index (χ4n) is 2.55. The van der Waals surface area contributed by atoms with Crippen LogP contribution < -0.4 is 0 Å². The van der Waals surface area contributed by atoms with Gasteiger partial charge < -0.3 is 9.47 Å². The normalized spacial score (nSPS) is 10.2. The van der Waals surface area contributed by atoms with E-state index in [2.05, 4.69) is 37.4 Å². The molecular formula is C22H30O4. The van der Waals surface area contributed by atoms with Crippen molar-refractivity contribution < 1.29 is 19.1 Å². The fraction of sp³-hybridized carbons (Fsp3) is 0.455. The summed E-state index contributed by atoms with van der Waals surface area (Å²) in [7, 11) is 0. The van der Waals surface area contributed by atoms with Crippen LogP contribution in [0.15, 0.2) is 49.6 Å². The summed E-state index contributed by atoms with van der Waals surface area (Å²) in [5, 5.41) is 0. The van der Waals surface area contributed by atoms with E-state index in [1.807, 2.05) is 0 Å². The lowest BCUT2D eigenvalue weighted by Gasteiger charge is -2.06. The van der Waals surface area contributed by atoms with E-state index in [4.69, 9.17) is 9.47 Å². The van der Waals surface area contributed by atoms with Gasteiger partial charge >= 0.3 is 11.9 Å². The Hall–Kier alpha value is -2.36. The molecule has 4 nitrogen and oxygen atoms in total. The number of carbonyl (C=O) groups is 2. The summed E-state index contributed by atoms with van der Waals surface area (Å²) < 4.78 is 9.91. The third kappa shape index (κ3) is 10.5. The minimum Gasteiger partial charge on any atom is -0.463 e. The van der Waals surface area contributed by atoms with Crippen LogP contribution in [0.1, 0.15) is 49.7 Å². The minimum atomic E-state index is -0.349. The molecule has 0 fully saturated rings. The Morgan fingerprint density at radius 2 is 1.08 bits per heavy atom. The second-order valence-corrected chi connectivity index (χ2v) is 6.18. The summed E-state index contributed by atoms with van der Waals surface area (Å²) in [5.41, 5.74) is 2.68. The molecule has 0 atom stereocenters. The molecular weight excluding hydrogens is 328 g/mol. The number of carbonyl (C=O) groups excluding carboxylic acids is 2. The van der Waals surface area contributed by atoms with Crippen molar-refractivity contribution in [3.63, 3.8) is 0 Å². The maximum Gasteiger partial charge on any atom is 0.330 e. The quantitative estimate of drug-likeness (QED) is 0.278.